The molecule has 0 aromatic carbocycles. The van der Waals surface area contributed by atoms with E-state index in [0.29, 0.717) is 6.61 Å². The third-order valence-electron chi connectivity index (χ3n) is 1.61. The van der Waals surface area contributed by atoms with Crippen LogP contribution in [0.2, 0.25) is 0 Å². The SMILES string of the molecule is CCCCCCOS(=O)(=O)CC.F. The van der Waals surface area contributed by atoms with Gasteiger partial charge in [0.25, 0.3) is 10.1 Å². The highest BCUT2D eigenvalue weighted by atomic mass is 32.2. The molecule has 0 heterocycles. The number of hydrogen-bond acceptors (Lipinski definition) is 3. The minimum atomic E-state index is -3.21. The lowest BCUT2D eigenvalue weighted by molar-refractivity contribution is 0.307. The zero-order chi connectivity index (χ0) is 9.45. The molecule has 0 aliphatic carbocycles. The van der Waals surface area contributed by atoms with Crippen LogP contribution < -0.4 is 0 Å². The predicted octanol–water partition coefficient (Wildman–Crippen LogP) is 2.09. The zero-order valence-corrected chi connectivity index (χ0v) is 9.10. The minimum absolute atomic E-state index is 0. The first kappa shape index (κ1) is 15.3. The van der Waals surface area contributed by atoms with Gasteiger partial charge in [-0.2, -0.15) is 8.42 Å². The van der Waals surface area contributed by atoms with E-state index in [1.165, 1.54) is 0 Å². The summed E-state index contributed by atoms with van der Waals surface area (Å²) in [7, 11) is -3.21. The van der Waals surface area contributed by atoms with Gasteiger partial charge in [-0.15, -0.1) is 0 Å². The molecular weight excluding hydrogens is 195 g/mol. The second-order valence-electron chi connectivity index (χ2n) is 2.73. The van der Waals surface area contributed by atoms with Crippen LogP contribution in [0.3, 0.4) is 0 Å². The van der Waals surface area contributed by atoms with Gasteiger partial charge in [0.15, 0.2) is 0 Å². The fourth-order valence-electron chi connectivity index (χ4n) is 0.798. The first-order valence-corrected chi connectivity index (χ1v) is 6.07. The maximum atomic E-state index is 10.8. The summed E-state index contributed by atoms with van der Waals surface area (Å²) in [5.41, 5.74) is 0. The Balaban J connectivity index is 0. The molecule has 0 saturated heterocycles. The lowest BCUT2D eigenvalue weighted by Crippen LogP contribution is -2.08. The highest BCUT2D eigenvalue weighted by molar-refractivity contribution is 7.86. The summed E-state index contributed by atoms with van der Waals surface area (Å²) < 4.78 is 26.3. The molecule has 82 valence electrons. The largest absolute Gasteiger partial charge is 0.270 e. The molecule has 0 aromatic heterocycles. The Hall–Kier alpha value is -0.160. The molecule has 5 heteroatoms. The van der Waals surface area contributed by atoms with Gasteiger partial charge in [-0.3, -0.25) is 8.89 Å². The summed E-state index contributed by atoms with van der Waals surface area (Å²) in [4.78, 5) is 0. The van der Waals surface area contributed by atoms with E-state index >= 15 is 0 Å². The average molecular weight is 214 g/mol. The van der Waals surface area contributed by atoms with Crippen molar-refractivity contribution in [2.75, 3.05) is 12.4 Å². The molecule has 0 atom stereocenters. The molecule has 0 amide bonds. The van der Waals surface area contributed by atoms with Crippen molar-refractivity contribution >= 4 is 10.1 Å². The Labute approximate surface area is 80.0 Å². The summed E-state index contributed by atoms with van der Waals surface area (Å²) in [6.45, 7) is 4.04. The Morgan fingerprint density at radius 3 is 2.15 bits per heavy atom. The number of rotatable bonds is 7. The maximum Gasteiger partial charge on any atom is 0.267 e. The van der Waals surface area contributed by atoms with Crippen molar-refractivity contribution in [2.45, 2.75) is 39.5 Å². The Kier molecular flexibility index (Phi) is 9.94. The summed E-state index contributed by atoms with van der Waals surface area (Å²) in [5, 5.41) is 0. The third kappa shape index (κ3) is 9.76. The molecule has 3 nitrogen and oxygen atoms in total. The normalized spacial score (nSPS) is 10.9. The van der Waals surface area contributed by atoms with Crippen LogP contribution in [0.4, 0.5) is 4.70 Å². The zero-order valence-electron chi connectivity index (χ0n) is 8.28. The van der Waals surface area contributed by atoms with Crippen LogP contribution >= 0.6 is 0 Å². The summed E-state index contributed by atoms with van der Waals surface area (Å²) in [6.07, 6.45) is 4.19. The Bertz CT molecular complexity index is 190. The highest BCUT2D eigenvalue weighted by Gasteiger charge is 2.05. The van der Waals surface area contributed by atoms with Crippen LogP contribution in [0.15, 0.2) is 0 Å². The molecule has 0 aliphatic heterocycles. The molecule has 0 unspecified atom stereocenters. The van der Waals surface area contributed by atoms with Crippen molar-refractivity contribution in [3.05, 3.63) is 0 Å². The molecule has 0 saturated carbocycles. The lowest BCUT2D eigenvalue weighted by atomic mass is 10.2. The Morgan fingerprint density at radius 2 is 1.69 bits per heavy atom. The smallest absolute Gasteiger partial charge is 0.267 e. The molecule has 0 bridgehead atoms. The number of halogens is 1. The van der Waals surface area contributed by atoms with Crippen LogP contribution in [0.1, 0.15) is 39.5 Å². The van der Waals surface area contributed by atoms with Gasteiger partial charge in [0.1, 0.15) is 0 Å². The first-order valence-electron chi connectivity index (χ1n) is 4.49. The topological polar surface area (TPSA) is 43.4 Å². The van der Waals surface area contributed by atoms with Gasteiger partial charge in [-0.25, -0.2) is 0 Å². The van der Waals surface area contributed by atoms with Crippen molar-refractivity contribution in [1.82, 2.24) is 0 Å². The van der Waals surface area contributed by atoms with Crippen molar-refractivity contribution in [3.63, 3.8) is 0 Å². The molecule has 0 N–H and O–H groups in total. The van der Waals surface area contributed by atoms with Gasteiger partial charge in [0, 0.05) is 0 Å². The molecule has 0 rings (SSSR count). The quantitative estimate of drug-likeness (QED) is 0.481. The molecule has 13 heavy (non-hydrogen) atoms. The summed E-state index contributed by atoms with van der Waals surface area (Å²) in [5.74, 6) is 0.0702. The van der Waals surface area contributed by atoms with Gasteiger partial charge in [0.2, 0.25) is 0 Å². The molecule has 0 spiro atoms. The van der Waals surface area contributed by atoms with E-state index in [-0.39, 0.29) is 10.5 Å². The molecule has 0 aromatic rings. The van der Waals surface area contributed by atoms with E-state index in [4.69, 9.17) is 4.18 Å². The van der Waals surface area contributed by atoms with Gasteiger partial charge in [-0.1, -0.05) is 26.2 Å². The predicted molar refractivity (Wildman–Crippen MR) is 52.1 cm³/mol. The second-order valence-corrected chi connectivity index (χ2v) is 4.66. The van der Waals surface area contributed by atoms with E-state index in [1.54, 1.807) is 6.92 Å². The van der Waals surface area contributed by atoms with Crippen LogP contribution in [-0.2, 0) is 14.3 Å². The fourth-order valence-corrected chi connectivity index (χ4v) is 1.34. The molecule has 0 radical (unpaired) electrons. The van der Waals surface area contributed by atoms with Gasteiger partial charge in [0.05, 0.1) is 12.4 Å². The van der Waals surface area contributed by atoms with Crippen molar-refractivity contribution in [2.24, 2.45) is 0 Å². The second kappa shape index (κ2) is 8.44. The van der Waals surface area contributed by atoms with Crippen molar-refractivity contribution in [3.8, 4) is 0 Å². The monoisotopic (exact) mass is 214 g/mol. The van der Waals surface area contributed by atoms with E-state index in [2.05, 4.69) is 6.92 Å². The van der Waals surface area contributed by atoms with Gasteiger partial charge >= 0.3 is 0 Å². The standard InChI is InChI=1S/C8H18O3S.FH/c1-3-5-6-7-8-11-12(9,10)4-2;/h3-8H2,1-2H3;1H. The summed E-state index contributed by atoms with van der Waals surface area (Å²) in [6, 6.07) is 0. The van der Waals surface area contributed by atoms with E-state index in [9.17, 15) is 8.42 Å². The number of unbranched alkanes of at least 4 members (excludes halogenated alkanes) is 3. The summed E-state index contributed by atoms with van der Waals surface area (Å²) >= 11 is 0. The first-order chi connectivity index (χ1) is 5.62. The minimum Gasteiger partial charge on any atom is -0.270 e. The van der Waals surface area contributed by atoms with Crippen LogP contribution in [0.5, 0.6) is 0 Å². The molecular formula is C8H19FO3S. The van der Waals surface area contributed by atoms with Gasteiger partial charge in [-0.05, 0) is 13.3 Å². The third-order valence-corrected chi connectivity index (χ3v) is 2.85. The molecule has 0 aliphatic rings. The van der Waals surface area contributed by atoms with E-state index < -0.39 is 10.1 Å². The highest BCUT2D eigenvalue weighted by Crippen LogP contribution is 2.01. The van der Waals surface area contributed by atoms with Crippen LogP contribution in [0.25, 0.3) is 0 Å². The van der Waals surface area contributed by atoms with Crippen LogP contribution in [0, 0.1) is 0 Å². The lowest BCUT2D eigenvalue weighted by Gasteiger charge is -2.01. The van der Waals surface area contributed by atoms with E-state index in [1.807, 2.05) is 0 Å². The van der Waals surface area contributed by atoms with E-state index in [0.717, 1.165) is 25.7 Å². The average Bonchev–Trinajstić information content (AvgIpc) is 2.04. The van der Waals surface area contributed by atoms with Gasteiger partial charge < -0.3 is 0 Å². The van der Waals surface area contributed by atoms with Crippen molar-refractivity contribution < 1.29 is 17.3 Å². The number of hydrogen-bond donors (Lipinski definition) is 0. The Morgan fingerprint density at radius 1 is 1.08 bits per heavy atom. The molecule has 0 fully saturated rings. The fraction of sp³-hybridized carbons (Fsp3) is 1.00. The maximum absolute atomic E-state index is 10.8. The van der Waals surface area contributed by atoms with Crippen LogP contribution in [-0.4, -0.2) is 20.8 Å². The van der Waals surface area contributed by atoms with Crippen molar-refractivity contribution in [1.29, 1.82) is 0 Å².